The molecule has 0 atom stereocenters. The summed E-state index contributed by atoms with van der Waals surface area (Å²) in [5.74, 6) is 1.02. The van der Waals surface area contributed by atoms with Crippen molar-refractivity contribution in [3.05, 3.63) is 36.7 Å². The van der Waals surface area contributed by atoms with Crippen LogP contribution in [0.4, 0.5) is 0 Å². The number of aromatic nitrogens is 6. The van der Waals surface area contributed by atoms with Gasteiger partial charge in [0.25, 0.3) is 0 Å². The van der Waals surface area contributed by atoms with Crippen molar-refractivity contribution in [3.63, 3.8) is 0 Å². The number of hydrogen-bond acceptors (Lipinski definition) is 4. The Morgan fingerprint density at radius 1 is 1.23 bits per heavy atom. The molecule has 0 saturated carbocycles. The first kappa shape index (κ1) is 13.0. The van der Waals surface area contributed by atoms with Crippen LogP contribution in [-0.2, 0) is 13.5 Å². The van der Waals surface area contributed by atoms with E-state index in [1.54, 1.807) is 4.68 Å². The van der Waals surface area contributed by atoms with Gasteiger partial charge in [0.1, 0.15) is 5.82 Å². The van der Waals surface area contributed by atoms with E-state index in [1.807, 2.05) is 31.8 Å². The molecule has 4 rings (SSSR count). The van der Waals surface area contributed by atoms with Crippen molar-refractivity contribution in [1.29, 1.82) is 0 Å². The Hall–Kier alpha value is -2.67. The largest absolute Gasteiger partial charge is 0.338 e. The van der Waals surface area contributed by atoms with Crippen molar-refractivity contribution in [2.75, 3.05) is 6.54 Å². The monoisotopic (exact) mass is 295 g/mol. The number of aromatic amines is 1. The Labute approximate surface area is 126 Å². The zero-order valence-corrected chi connectivity index (χ0v) is 12.3. The van der Waals surface area contributed by atoms with E-state index in [1.165, 1.54) is 0 Å². The highest BCUT2D eigenvalue weighted by Crippen LogP contribution is 2.24. The maximum atomic E-state index is 5.62. The van der Waals surface area contributed by atoms with Gasteiger partial charge in [-0.05, 0) is 19.0 Å². The summed E-state index contributed by atoms with van der Waals surface area (Å²) in [7, 11) is 1.91. The van der Waals surface area contributed by atoms with Crippen molar-refractivity contribution >= 4 is 16.7 Å². The van der Waals surface area contributed by atoms with Gasteiger partial charge in [0, 0.05) is 25.2 Å². The van der Waals surface area contributed by atoms with Crippen molar-refractivity contribution in [3.8, 4) is 11.3 Å². The molecule has 0 aliphatic carbocycles. The number of hydrogen-bond donors (Lipinski definition) is 2. The third-order valence-electron chi connectivity index (χ3n) is 3.83. The van der Waals surface area contributed by atoms with Crippen LogP contribution < -0.4 is 5.73 Å². The molecule has 4 aromatic heterocycles. The molecule has 0 fully saturated rings. The number of aryl methyl sites for hydroxylation is 2. The van der Waals surface area contributed by atoms with E-state index in [0.29, 0.717) is 6.54 Å². The second kappa shape index (κ2) is 4.96. The highest BCUT2D eigenvalue weighted by molar-refractivity contribution is 5.82. The van der Waals surface area contributed by atoms with Crippen LogP contribution in [0.2, 0.25) is 0 Å². The lowest BCUT2D eigenvalue weighted by Gasteiger charge is -2.01. The summed E-state index contributed by atoms with van der Waals surface area (Å²) in [5.41, 5.74) is 10.5. The van der Waals surface area contributed by atoms with Gasteiger partial charge in [0.05, 0.1) is 35.3 Å². The van der Waals surface area contributed by atoms with Crippen molar-refractivity contribution in [1.82, 2.24) is 29.1 Å². The molecule has 4 heterocycles. The predicted molar refractivity (Wildman–Crippen MR) is 84.4 cm³/mol. The summed E-state index contributed by atoms with van der Waals surface area (Å²) < 4.78 is 3.93. The predicted octanol–water partition coefficient (Wildman–Crippen LogP) is 1.50. The van der Waals surface area contributed by atoms with Crippen LogP contribution in [0.5, 0.6) is 0 Å². The van der Waals surface area contributed by atoms with Crippen LogP contribution in [-0.4, -0.2) is 35.7 Å². The number of imidazole rings is 1. The first-order valence-corrected chi connectivity index (χ1v) is 7.29. The van der Waals surface area contributed by atoms with E-state index < -0.39 is 0 Å². The molecule has 4 aromatic rings. The molecule has 7 nitrogen and oxygen atoms in total. The molecule has 7 heteroatoms. The quantitative estimate of drug-likeness (QED) is 0.597. The highest BCUT2D eigenvalue weighted by Gasteiger charge is 2.12. The zero-order valence-electron chi connectivity index (χ0n) is 12.3. The van der Waals surface area contributed by atoms with Crippen LogP contribution >= 0.6 is 0 Å². The number of nitrogens with two attached hydrogens (primary N) is 1. The summed E-state index contributed by atoms with van der Waals surface area (Å²) in [4.78, 5) is 12.3. The Morgan fingerprint density at radius 3 is 2.86 bits per heavy atom. The number of H-pyrrole nitrogens is 1. The standard InChI is InChI=1S/C15H17N7/c1-21-9-10(6-19-21)12-5-13-15(20-12)18-8-11-7-17-14(22(11)13)3-2-4-16/h5-9,20H,2-4,16H2,1H3. The Morgan fingerprint density at radius 2 is 2.09 bits per heavy atom. The maximum absolute atomic E-state index is 5.62. The number of fused-ring (bicyclic) bond motifs is 3. The minimum atomic E-state index is 0.664. The molecule has 0 aliphatic heterocycles. The van der Waals surface area contributed by atoms with Gasteiger partial charge in [-0.3, -0.25) is 9.08 Å². The fourth-order valence-electron chi connectivity index (χ4n) is 2.76. The summed E-state index contributed by atoms with van der Waals surface area (Å²) in [6, 6.07) is 2.10. The number of nitrogens with one attached hydrogen (secondary N) is 1. The molecule has 0 unspecified atom stereocenters. The average molecular weight is 295 g/mol. The van der Waals surface area contributed by atoms with Crippen molar-refractivity contribution in [2.24, 2.45) is 12.8 Å². The van der Waals surface area contributed by atoms with E-state index in [9.17, 15) is 0 Å². The van der Waals surface area contributed by atoms with Crippen LogP contribution in [0.25, 0.3) is 27.9 Å². The summed E-state index contributed by atoms with van der Waals surface area (Å²) >= 11 is 0. The molecular formula is C15H17N7. The first-order valence-electron chi connectivity index (χ1n) is 7.29. The summed E-state index contributed by atoms with van der Waals surface area (Å²) in [5, 5.41) is 4.22. The molecule has 0 radical (unpaired) electrons. The molecular weight excluding hydrogens is 278 g/mol. The molecule has 0 aromatic carbocycles. The van der Waals surface area contributed by atoms with E-state index in [4.69, 9.17) is 5.73 Å². The van der Waals surface area contributed by atoms with Crippen LogP contribution in [0.1, 0.15) is 12.2 Å². The Bertz CT molecular complexity index is 943. The lowest BCUT2D eigenvalue weighted by Crippen LogP contribution is -2.03. The summed E-state index contributed by atoms with van der Waals surface area (Å²) in [6.45, 7) is 0.664. The van der Waals surface area contributed by atoms with E-state index >= 15 is 0 Å². The van der Waals surface area contributed by atoms with Gasteiger partial charge < -0.3 is 10.7 Å². The van der Waals surface area contributed by atoms with Crippen LogP contribution in [0.3, 0.4) is 0 Å². The molecule has 0 saturated heterocycles. The van der Waals surface area contributed by atoms with Gasteiger partial charge in [0.15, 0.2) is 5.65 Å². The highest BCUT2D eigenvalue weighted by atomic mass is 15.2. The maximum Gasteiger partial charge on any atom is 0.154 e. The topological polar surface area (TPSA) is 89.8 Å². The second-order valence-corrected chi connectivity index (χ2v) is 5.40. The summed E-state index contributed by atoms with van der Waals surface area (Å²) in [6.07, 6.45) is 9.29. The minimum absolute atomic E-state index is 0.664. The normalized spacial score (nSPS) is 11.7. The minimum Gasteiger partial charge on any atom is -0.338 e. The molecule has 112 valence electrons. The van der Waals surface area contributed by atoms with Gasteiger partial charge in [-0.15, -0.1) is 0 Å². The smallest absolute Gasteiger partial charge is 0.154 e. The third-order valence-corrected chi connectivity index (χ3v) is 3.83. The zero-order chi connectivity index (χ0) is 15.1. The fourth-order valence-corrected chi connectivity index (χ4v) is 2.76. The lowest BCUT2D eigenvalue weighted by atomic mass is 10.2. The van der Waals surface area contributed by atoms with E-state index in [-0.39, 0.29) is 0 Å². The van der Waals surface area contributed by atoms with E-state index in [0.717, 1.165) is 46.6 Å². The second-order valence-electron chi connectivity index (χ2n) is 5.40. The van der Waals surface area contributed by atoms with Crippen molar-refractivity contribution < 1.29 is 0 Å². The molecule has 3 N–H and O–H groups in total. The van der Waals surface area contributed by atoms with Crippen LogP contribution in [0.15, 0.2) is 30.9 Å². The van der Waals surface area contributed by atoms with Gasteiger partial charge >= 0.3 is 0 Å². The van der Waals surface area contributed by atoms with Crippen LogP contribution in [0, 0.1) is 0 Å². The third kappa shape index (κ3) is 1.98. The first-order chi connectivity index (χ1) is 10.8. The van der Waals surface area contributed by atoms with Gasteiger partial charge in [0.2, 0.25) is 0 Å². The molecule has 22 heavy (non-hydrogen) atoms. The van der Waals surface area contributed by atoms with Gasteiger partial charge in [-0.2, -0.15) is 5.10 Å². The van der Waals surface area contributed by atoms with E-state index in [2.05, 4.69) is 30.5 Å². The number of nitrogens with zero attached hydrogens (tertiary/aromatic N) is 5. The van der Waals surface area contributed by atoms with Gasteiger partial charge in [-0.25, -0.2) is 9.97 Å². The average Bonchev–Trinajstić information content (AvgIpc) is 3.21. The molecule has 0 bridgehead atoms. The molecule has 0 aliphatic rings. The Balaban J connectivity index is 1.91. The fraction of sp³-hybridized carbons (Fsp3) is 0.267. The molecule has 0 spiro atoms. The molecule has 0 amide bonds. The SMILES string of the molecule is Cn1cc(-c2cc3c(ncc4cnc(CCCN)n43)[nH]2)cn1. The van der Waals surface area contributed by atoms with Gasteiger partial charge in [-0.1, -0.05) is 0 Å². The van der Waals surface area contributed by atoms with Crippen molar-refractivity contribution in [2.45, 2.75) is 12.8 Å². The lowest BCUT2D eigenvalue weighted by molar-refractivity contribution is 0.768. The number of rotatable bonds is 4. The Kier molecular flexibility index (Phi) is 2.93.